The second-order valence-electron chi connectivity index (χ2n) is 16.3. The minimum Gasteiger partial charge on any atom is -0.394 e. The molecule has 0 saturated carbocycles. The average Bonchev–Trinajstić information content (AvgIpc) is 3.28. The van der Waals surface area contributed by atoms with E-state index in [0.29, 0.717) is 12.8 Å². The highest BCUT2D eigenvalue weighted by atomic mass is 16.7. The molecule has 0 aliphatic carbocycles. The van der Waals surface area contributed by atoms with Gasteiger partial charge < -0.3 is 111 Å². The molecule has 0 spiro atoms. The number of ether oxygens (including phenoxy) is 4. The molecule has 24 heteroatoms. The van der Waals surface area contributed by atoms with E-state index in [1.165, 1.54) is 12.8 Å². The number of aliphatic hydroxyl groups excluding tert-OH is 16. The number of unbranched alkanes of at least 4 members (excludes halogenated alkanes) is 9. The number of carbonyl (C=O) groups excluding carboxylic acids is 2. The van der Waals surface area contributed by atoms with Crippen molar-refractivity contribution in [2.45, 2.75) is 188 Å². The van der Waals surface area contributed by atoms with Crippen LogP contribution in [0.3, 0.4) is 0 Å². The fraction of sp³-hybridized carbons (Fsp3) is 0.949. The van der Waals surface area contributed by atoms with Crippen molar-refractivity contribution >= 4 is 11.8 Å². The van der Waals surface area contributed by atoms with Crippen LogP contribution < -0.4 is 10.6 Å². The zero-order valence-electron chi connectivity index (χ0n) is 35.6. The molecule has 18 atom stereocenters. The van der Waals surface area contributed by atoms with Gasteiger partial charge in [-0.3, -0.25) is 9.59 Å². The van der Waals surface area contributed by atoms with Crippen molar-refractivity contribution in [3.63, 3.8) is 0 Å². The van der Waals surface area contributed by atoms with E-state index in [9.17, 15) is 91.3 Å². The first-order valence-corrected chi connectivity index (χ1v) is 21.7. The van der Waals surface area contributed by atoms with Crippen molar-refractivity contribution in [1.29, 1.82) is 0 Å². The van der Waals surface area contributed by atoms with E-state index in [4.69, 9.17) is 18.9 Å². The summed E-state index contributed by atoms with van der Waals surface area (Å²) in [5, 5.41) is 168. The molecule has 2 amide bonds. The summed E-state index contributed by atoms with van der Waals surface area (Å²) in [5.74, 6) is -3.08. The summed E-state index contributed by atoms with van der Waals surface area (Å²) in [5.41, 5.74) is 0. The van der Waals surface area contributed by atoms with Crippen molar-refractivity contribution in [2.75, 3.05) is 39.5 Å². The molecule has 2 aliphatic rings. The number of aliphatic hydroxyl groups is 16. The Bertz CT molecular complexity index is 1180. The summed E-state index contributed by atoms with van der Waals surface area (Å²) in [7, 11) is 0. The highest BCUT2D eigenvalue weighted by Crippen LogP contribution is 2.27. The highest BCUT2D eigenvalue weighted by molar-refractivity contribution is 5.82. The van der Waals surface area contributed by atoms with E-state index >= 15 is 0 Å². The second kappa shape index (κ2) is 29.7. The minimum atomic E-state index is -2.37. The number of rotatable bonds is 31. The number of nitrogens with one attached hydrogen (secondary N) is 2. The molecule has 2 aliphatic heterocycles. The molecular weight excluding hydrogens is 848 g/mol. The molecule has 24 nitrogen and oxygen atoms in total. The van der Waals surface area contributed by atoms with Crippen LogP contribution in [0.4, 0.5) is 0 Å². The van der Waals surface area contributed by atoms with Gasteiger partial charge in [0.15, 0.2) is 24.8 Å². The first-order chi connectivity index (χ1) is 29.9. The Morgan fingerprint density at radius 2 is 0.873 bits per heavy atom. The average molecular weight is 923 g/mol. The molecule has 2 heterocycles. The predicted molar refractivity (Wildman–Crippen MR) is 213 cm³/mol. The summed E-state index contributed by atoms with van der Waals surface area (Å²) < 4.78 is 21.2. The van der Waals surface area contributed by atoms with Crippen LogP contribution in [0.15, 0.2) is 0 Å². The van der Waals surface area contributed by atoms with E-state index < -0.39 is 154 Å². The zero-order chi connectivity index (χ0) is 47.4. The van der Waals surface area contributed by atoms with Gasteiger partial charge in [-0.15, -0.1) is 0 Å². The predicted octanol–water partition coefficient (Wildman–Crippen LogP) is -7.33. The van der Waals surface area contributed by atoms with Gasteiger partial charge in [-0.2, -0.15) is 0 Å². The van der Waals surface area contributed by atoms with E-state index in [0.717, 1.165) is 44.9 Å². The Morgan fingerprint density at radius 1 is 0.524 bits per heavy atom. The number of hydrogen-bond donors (Lipinski definition) is 18. The Labute approximate surface area is 365 Å². The zero-order valence-corrected chi connectivity index (χ0v) is 35.6. The molecule has 2 saturated heterocycles. The molecule has 0 bridgehead atoms. The summed E-state index contributed by atoms with van der Waals surface area (Å²) in [6, 6.07) is 0. The molecule has 0 aromatic rings. The first-order valence-electron chi connectivity index (χ1n) is 21.7. The molecule has 2 fully saturated rings. The lowest BCUT2D eigenvalue weighted by Gasteiger charge is -2.42. The van der Waals surface area contributed by atoms with Gasteiger partial charge in [0.25, 0.3) is 11.8 Å². The molecule has 0 unspecified atom stereocenters. The maximum absolute atomic E-state index is 13.2. The first kappa shape index (κ1) is 57.3. The lowest BCUT2D eigenvalue weighted by molar-refractivity contribution is -0.326. The smallest absolute Gasteiger partial charge is 0.251 e. The van der Waals surface area contributed by atoms with Gasteiger partial charge in [0.1, 0.15) is 85.5 Å². The van der Waals surface area contributed by atoms with Crippen LogP contribution in [0.5, 0.6) is 0 Å². The minimum absolute atomic E-state index is 0.272. The van der Waals surface area contributed by atoms with Crippen LogP contribution in [0, 0.1) is 5.92 Å². The normalized spacial score (nSPS) is 30.5. The Morgan fingerprint density at radius 3 is 1.21 bits per heavy atom. The monoisotopic (exact) mass is 922 g/mol. The van der Waals surface area contributed by atoms with Crippen LogP contribution in [0.1, 0.15) is 77.6 Å². The van der Waals surface area contributed by atoms with Gasteiger partial charge in [0.2, 0.25) is 0 Å². The lowest BCUT2D eigenvalue weighted by atomic mass is 9.97. The van der Waals surface area contributed by atoms with E-state index in [-0.39, 0.29) is 13.1 Å². The van der Waals surface area contributed by atoms with Crippen molar-refractivity contribution < 1.29 is 110 Å². The fourth-order valence-electron chi connectivity index (χ4n) is 7.24. The highest BCUT2D eigenvalue weighted by Gasteiger charge is 2.49. The van der Waals surface area contributed by atoms with E-state index in [1.807, 2.05) is 0 Å². The third kappa shape index (κ3) is 17.4. The van der Waals surface area contributed by atoms with Gasteiger partial charge in [0.05, 0.1) is 26.4 Å². The Balaban J connectivity index is 2.14. The van der Waals surface area contributed by atoms with Gasteiger partial charge >= 0.3 is 0 Å². The molecule has 2 rings (SSSR count). The number of hydrogen-bond acceptors (Lipinski definition) is 22. The summed E-state index contributed by atoms with van der Waals surface area (Å²) >= 11 is 0. The molecule has 0 aromatic carbocycles. The molecule has 63 heavy (non-hydrogen) atoms. The maximum atomic E-state index is 13.2. The van der Waals surface area contributed by atoms with Gasteiger partial charge in [0, 0.05) is 13.1 Å². The molecule has 0 radical (unpaired) electrons. The SMILES string of the molecule is CCCCCCCCCCCCC(CNC(=O)[C@H](O)[C@@H](O)[C@H](O[C@H]1O[C@H](CO)[C@@H](O)[C@H](O)[C@H]1O)[C@H](O)CO)CNC(=O)[C@H](O)[C@@H](O)[C@H](O[C@H]1O[C@H](CO)[C@@H](O)[C@H](O)[C@H]1O)[C@H](O)CO. The quantitative estimate of drug-likeness (QED) is 0.0287. The largest absolute Gasteiger partial charge is 0.394 e. The second-order valence-corrected chi connectivity index (χ2v) is 16.3. The van der Waals surface area contributed by atoms with Crippen molar-refractivity contribution in [3.8, 4) is 0 Å². The summed E-state index contributed by atoms with van der Waals surface area (Å²) in [6.45, 7) is -2.28. The Hall–Kier alpha value is -1.86. The van der Waals surface area contributed by atoms with Crippen LogP contribution in [0.2, 0.25) is 0 Å². The van der Waals surface area contributed by atoms with Gasteiger partial charge in [-0.05, 0) is 12.3 Å². The topological polar surface area (TPSA) is 419 Å². The number of amides is 2. The number of carbonyl (C=O) groups is 2. The lowest BCUT2D eigenvalue weighted by Crippen LogP contribution is -2.62. The molecule has 0 aromatic heterocycles. The molecule has 372 valence electrons. The van der Waals surface area contributed by atoms with Crippen molar-refractivity contribution in [2.24, 2.45) is 5.92 Å². The third-order valence-corrected chi connectivity index (χ3v) is 11.4. The van der Waals surface area contributed by atoms with E-state index in [2.05, 4.69) is 17.6 Å². The van der Waals surface area contributed by atoms with Crippen LogP contribution in [0.25, 0.3) is 0 Å². The van der Waals surface area contributed by atoms with Crippen molar-refractivity contribution in [3.05, 3.63) is 0 Å². The summed E-state index contributed by atoms with van der Waals surface area (Å²) in [4.78, 5) is 26.3. The van der Waals surface area contributed by atoms with Crippen LogP contribution in [-0.2, 0) is 28.5 Å². The standard InChI is InChI=1S/C39H74N2O22/c1-2-3-4-5-6-7-8-9-10-11-12-19(13-40-36(58)30(54)28(52)34(20(46)15-42)62-38-32(56)26(50)24(48)22(17-44)60-38)14-41-37(59)31(55)29(53)35(21(47)16-43)63-39-33(57)27(51)25(49)23(18-45)61-39/h19-35,38-39,42-57H,2-18H2,1H3,(H,40,58)(H,41,59)/t20-,21-,22-,23-,24-,25-,26+,27+,28-,29-,30-,31-,32-,33-,34-,35-,38-,39-/m1/s1. The van der Waals surface area contributed by atoms with E-state index in [1.54, 1.807) is 0 Å². The van der Waals surface area contributed by atoms with Gasteiger partial charge in [-0.1, -0.05) is 71.1 Å². The summed E-state index contributed by atoms with van der Waals surface area (Å²) in [6.07, 6.45) is -25.3. The van der Waals surface area contributed by atoms with Crippen LogP contribution in [-0.4, -0.2) is 243 Å². The van der Waals surface area contributed by atoms with Crippen molar-refractivity contribution in [1.82, 2.24) is 10.6 Å². The molecular formula is C39H74N2O22. The van der Waals surface area contributed by atoms with Crippen LogP contribution >= 0.6 is 0 Å². The third-order valence-electron chi connectivity index (χ3n) is 11.4. The Kier molecular flexibility index (Phi) is 27.0. The maximum Gasteiger partial charge on any atom is 0.251 e. The van der Waals surface area contributed by atoms with Gasteiger partial charge in [-0.25, -0.2) is 0 Å². The molecule has 18 N–H and O–H groups in total. The fourth-order valence-corrected chi connectivity index (χ4v) is 7.24.